The number of nitrogens with zero attached hydrogens (tertiary/aromatic N) is 1. The maximum absolute atomic E-state index is 11.2. The molecule has 16 heavy (non-hydrogen) atoms. The van der Waals surface area contributed by atoms with Gasteiger partial charge in [-0.25, -0.2) is 4.79 Å². The zero-order chi connectivity index (χ0) is 11.8. The fourth-order valence-electron chi connectivity index (χ4n) is 3.07. The fourth-order valence-corrected chi connectivity index (χ4v) is 3.07. The van der Waals surface area contributed by atoms with Crippen LogP contribution < -0.4 is 5.32 Å². The van der Waals surface area contributed by atoms with E-state index in [0.29, 0.717) is 0 Å². The summed E-state index contributed by atoms with van der Waals surface area (Å²) < 4.78 is 5.34. The van der Waals surface area contributed by atoms with Crippen molar-refractivity contribution >= 4 is 6.09 Å². The minimum atomic E-state index is -0.331. The maximum Gasteiger partial charge on any atom is 0.407 e. The van der Waals surface area contributed by atoms with E-state index in [0.717, 1.165) is 25.9 Å². The molecule has 0 bridgehead atoms. The second kappa shape index (κ2) is 4.09. The summed E-state index contributed by atoms with van der Waals surface area (Å²) in [5.74, 6) is 0. The van der Waals surface area contributed by atoms with Crippen LogP contribution in [-0.2, 0) is 4.74 Å². The molecule has 2 rings (SSSR count). The molecular formula is C12H20N2O2. The SMILES string of the molecule is C=C(C)C12CCCN1CC(OC(=O)NC)C2. The molecule has 90 valence electrons. The molecule has 2 aliphatic rings. The summed E-state index contributed by atoms with van der Waals surface area (Å²) in [4.78, 5) is 13.6. The molecule has 2 unspecified atom stereocenters. The Bertz CT molecular complexity index is 316. The van der Waals surface area contributed by atoms with Crippen LogP contribution in [0.15, 0.2) is 12.2 Å². The molecular weight excluding hydrogens is 204 g/mol. The van der Waals surface area contributed by atoms with Gasteiger partial charge in [-0.05, 0) is 26.3 Å². The van der Waals surface area contributed by atoms with Crippen molar-refractivity contribution in [1.82, 2.24) is 10.2 Å². The first-order chi connectivity index (χ1) is 7.58. The second-order valence-electron chi connectivity index (χ2n) is 4.84. The van der Waals surface area contributed by atoms with Crippen LogP contribution in [0.3, 0.4) is 0 Å². The van der Waals surface area contributed by atoms with E-state index >= 15 is 0 Å². The molecule has 2 aliphatic heterocycles. The Morgan fingerprint density at radius 1 is 1.62 bits per heavy atom. The molecule has 0 aromatic heterocycles. The molecule has 1 amide bonds. The molecule has 2 atom stereocenters. The Kier molecular flexibility index (Phi) is 2.93. The van der Waals surface area contributed by atoms with Gasteiger partial charge in [0.25, 0.3) is 0 Å². The fraction of sp³-hybridized carbons (Fsp3) is 0.750. The van der Waals surface area contributed by atoms with E-state index in [-0.39, 0.29) is 17.7 Å². The number of amides is 1. The first-order valence-corrected chi connectivity index (χ1v) is 5.88. The molecule has 0 spiro atoms. The number of ether oxygens (including phenoxy) is 1. The second-order valence-corrected chi connectivity index (χ2v) is 4.84. The quantitative estimate of drug-likeness (QED) is 0.723. The number of carbonyl (C=O) groups excluding carboxylic acids is 1. The van der Waals surface area contributed by atoms with Gasteiger partial charge in [-0.2, -0.15) is 0 Å². The van der Waals surface area contributed by atoms with Gasteiger partial charge in [0.2, 0.25) is 0 Å². The first kappa shape index (κ1) is 11.5. The van der Waals surface area contributed by atoms with Crippen LogP contribution in [0.25, 0.3) is 0 Å². The summed E-state index contributed by atoms with van der Waals surface area (Å²) >= 11 is 0. The van der Waals surface area contributed by atoms with Crippen LogP contribution in [0, 0.1) is 0 Å². The van der Waals surface area contributed by atoms with E-state index in [4.69, 9.17) is 4.74 Å². The van der Waals surface area contributed by atoms with Crippen molar-refractivity contribution in [2.45, 2.75) is 37.8 Å². The van der Waals surface area contributed by atoms with Crippen LogP contribution in [0.1, 0.15) is 26.2 Å². The van der Waals surface area contributed by atoms with E-state index in [1.54, 1.807) is 7.05 Å². The monoisotopic (exact) mass is 224 g/mol. The molecule has 1 N–H and O–H groups in total. The third kappa shape index (κ3) is 1.71. The van der Waals surface area contributed by atoms with E-state index in [1.165, 1.54) is 12.0 Å². The lowest BCUT2D eigenvalue weighted by Gasteiger charge is -2.32. The van der Waals surface area contributed by atoms with Crippen LogP contribution >= 0.6 is 0 Å². The summed E-state index contributed by atoms with van der Waals surface area (Å²) in [6.07, 6.45) is 2.95. The van der Waals surface area contributed by atoms with Gasteiger partial charge in [0.15, 0.2) is 0 Å². The lowest BCUT2D eigenvalue weighted by molar-refractivity contribution is 0.102. The Morgan fingerprint density at radius 3 is 2.94 bits per heavy atom. The molecule has 4 heteroatoms. The maximum atomic E-state index is 11.2. The molecule has 0 aliphatic carbocycles. The highest BCUT2D eigenvalue weighted by atomic mass is 16.6. The smallest absolute Gasteiger partial charge is 0.407 e. The summed E-state index contributed by atoms with van der Waals surface area (Å²) in [7, 11) is 1.59. The number of nitrogens with one attached hydrogen (secondary N) is 1. The Hall–Kier alpha value is -1.03. The number of fused-ring (bicyclic) bond motifs is 1. The number of hydrogen-bond acceptors (Lipinski definition) is 3. The van der Waals surface area contributed by atoms with Crippen molar-refractivity contribution < 1.29 is 9.53 Å². The summed E-state index contributed by atoms with van der Waals surface area (Å²) in [6.45, 7) is 8.14. The highest BCUT2D eigenvalue weighted by Gasteiger charge is 2.49. The van der Waals surface area contributed by atoms with E-state index in [2.05, 4.69) is 23.7 Å². The highest BCUT2D eigenvalue weighted by molar-refractivity contribution is 5.67. The molecule has 0 aromatic carbocycles. The lowest BCUT2D eigenvalue weighted by atomic mass is 9.87. The van der Waals surface area contributed by atoms with Crippen molar-refractivity contribution in [3.05, 3.63) is 12.2 Å². The predicted molar refractivity (Wildman–Crippen MR) is 62.3 cm³/mol. The summed E-state index contributed by atoms with van der Waals surface area (Å²) in [5.41, 5.74) is 1.30. The van der Waals surface area contributed by atoms with Crippen LogP contribution in [0.5, 0.6) is 0 Å². The number of alkyl carbamates (subject to hydrolysis) is 1. The molecule has 0 saturated carbocycles. The van der Waals surface area contributed by atoms with Gasteiger partial charge in [-0.3, -0.25) is 4.90 Å². The standard InChI is InChI=1S/C12H20N2O2/c1-9(2)12-5-4-6-14(12)8-10(7-12)16-11(15)13-3/h10H,1,4-8H2,2-3H3,(H,13,15). The highest BCUT2D eigenvalue weighted by Crippen LogP contribution is 2.44. The van der Waals surface area contributed by atoms with Gasteiger partial charge < -0.3 is 10.1 Å². The Labute approximate surface area is 96.6 Å². The van der Waals surface area contributed by atoms with Crippen molar-refractivity contribution in [3.8, 4) is 0 Å². The van der Waals surface area contributed by atoms with Crippen molar-refractivity contribution in [2.24, 2.45) is 0 Å². The van der Waals surface area contributed by atoms with Crippen LogP contribution in [0.2, 0.25) is 0 Å². The van der Waals surface area contributed by atoms with Gasteiger partial charge >= 0.3 is 6.09 Å². The normalized spacial score (nSPS) is 33.5. The summed E-state index contributed by atoms with van der Waals surface area (Å²) in [5, 5.41) is 2.50. The molecule has 0 radical (unpaired) electrons. The first-order valence-electron chi connectivity index (χ1n) is 5.88. The van der Waals surface area contributed by atoms with Gasteiger partial charge in [0.05, 0.1) is 0 Å². The average Bonchev–Trinajstić information content (AvgIpc) is 2.74. The Morgan fingerprint density at radius 2 is 2.38 bits per heavy atom. The third-order valence-corrected chi connectivity index (χ3v) is 3.89. The van der Waals surface area contributed by atoms with E-state index in [1.807, 2.05) is 0 Å². The molecule has 2 saturated heterocycles. The van der Waals surface area contributed by atoms with Crippen LogP contribution in [0.4, 0.5) is 4.79 Å². The minimum absolute atomic E-state index is 0.0111. The van der Waals surface area contributed by atoms with Crippen molar-refractivity contribution in [3.63, 3.8) is 0 Å². The third-order valence-electron chi connectivity index (χ3n) is 3.89. The Balaban J connectivity index is 2.05. The zero-order valence-corrected chi connectivity index (χ0v) is 10.1. The van der Waals surface area contributed by atoms with Gasteiger partial charge in [0, 0.05) is 25.6 Å². The van der Waals surface area contributed by atoms with Gasteiger partial charge in [-0.15, -0.1) is 0 Å². The number of hydrogen-bond donors (Lipinski definition) is 1. The predicted octanol–water partition coefficient (Wildman–Crippen LogP) is 1.53. The largest absolute Gasteiger partial charge is 0.445 e. The number of rotatable bonds is 2. The van der Waals surface area contributed by atoms with Gasteiger partial charge in [-0.1, -0.05) is 12.2 Å². The average molecular weight is 224 g/mol. The minimum Gasteiger partial charge on any atom is -0.445 e. The number of carbonyl (C=O) groups is 1. The van der Waals surface area contributed by atoms with E-state index in [9.17, 15) is 4.79 Å². The molecule has 2 fully saturated rings. The molecule has 4 nitrogen and oxygen atoms in total. The molecule has 0 aromatic rings. The van der Waals surface area contributed by atoms with E-state index < -0.39 is 0 Å². The van der Waals surface area contributed by atoms with Crippen LogP contribution in [-0.4, -0.2) is 42.8 Å². The topological polar surface area (TPSA) is 41.6 Å². The van der Waals surface area contributed by atoms with Crippen molar-refractivity contribution in [2.75, 3.05) is 20.1 Å². The van der Waals surface area contributed by atoms with Gasteiger partial charge in [0.1, 0.15) is 6.10 Å². The summed E-state index contributed by atoms with van der Waals surface area (Å²) in [6, 6.07) is 0. The lowest BCUT2D eigenvalue weighted by Crippen LogP contribution is -2.38. The van der Waals surface area contributed by atoms with Crippen molar-refractivity contribution in [1.29, 1.82) is 0 Å². The molecule has 2 heterocycles. The zero-order valence-electron chi connectivity index (χ0n) is 10.1.